The maximum atomic E-state index is 11.8. The van der Waals surface area contributed by atoms with Crippen LogP contribution in [-0.4, -0.2) is 12.4 Å². The molecule has 0 unspecified atom stereocenters. The van der Waals surface area contributed by atoms with E-state index in [1.165, 1.54) is 83.5 Å². The Labute approximate surface area is 243 Å². The minimum absolute atomic E-state index is 0.00315. The van der Waals surface area contributed by atoms with Crippen molar-refractivity contribution in [3.05, 3.63) is 0 Å². The van der Waals surface area contributed by atoms with Crippen LogP contribution in [-0.2, 0) is 14.6 Å². The van der Waals surface area contributed by atoms with E-state index in [1.54, 1.807) is 0 Å². The fourth-order valence-electron chi connectivity index (χ4n) is 3.38. The molecule has 0 aromatic carbocycles. The normalized spacial score (nSPS) is 7.90. The molecule has 0 spiro atoms. The Hall–Kier alpha value is -4.53. The number of rotatable bonds is 19. The standard InChI is InChI=1S/C37H38O3/c1-3-5-7-9-11-13-15-17-19-21-23-25-27-29-31-33-35-39-40-36-37(38)34-32-30-28-26-24-22-20-18-16-14-12-10-8-6-4-2/h1H,4,6,8,10,12,14,16,18,20,22,24,26,28,30,32,34,36H2,2H3. The highest BCUT2D eigenvalue weighted by Gasteiger charge is 2.02. The number of carbonyl (C=O) groups is 1. The van der Waals surface area contributed by atoms with Gasteiger partial charge in [-0.25, -0.2) is 0 Å². The summed E-state index contributed by atoms with van der Waals surface area (Å²) in [6.45, 7) is 2.15. The van der Waals surface area contributed by atoms with Crippen LogP contribution in [0, 0.1) is 107 Å². The van der Waals surface area contributed by atoms with E-state index < -0.39 is 0 Å². The first-order chi connectivity index (χ1) is 19.8. The average Bonchev–Trinajstić information content (AvgIpc) is 2.96. The van der Waals surface area contributed by atoms with Gasteiger partial charge in [-0.1, -0.05) is 96.8 Å². The monoisotopic (exact) mass is 530 g/mol. The quantitative estimate of drug-likeness (QED) is 0.0841. The Balaban J connectivity index is 3.68. The number of hydrogen-bond donors (Lipinski definition) is 0. The molecule has 0 bridgehead atoms. The van der Waals surface area contributed by atoms with E-state index in [-0.39, 0.29) is 12.4 Å². The van der Waals surface area contributed by atoms with Crippen LogP contribution in [0.15, 0.2) is 0 Å². The summed E-state index contributed by atoms with van der Waals surface area (Å²) in [4.78, 5) is 21.2. The highest BCUT2D eigenvalue weighted by molar-refractivity contribution is 5.79. The molecule has 0 fully saturated rings. The van der Waals surface area contributed by atoms with Gasteiger partial charge in [-0.05, 0) is 53.8 Å². The highest BCUT2D eigenvalue weighted by Crippen LogP contribution is 2.13. The Morgan fingerprint density at radius 1 is 0.500 bits per heavy atom. The van der Waals surface area contributed by atoms with Crippen LogP contribution in [0.2, 0.25) is 0 Å². The summed E-state index contributed by atoms with van der Waals surface area (Å²) in [5.41, 5.74) is 0. The number of hydrogen-bond acceptors (Lipinski definition) is 3. The van der Waals surface area contributed by atoms with Crippen molar-refractivity contribution in [1.82, 2.24) is 0 Å². The number of unbranched alkanes of at least 4 members (excludes halogenated alkanes) is 14. The topological polar surface area (TPSA) is 35.5 Å². The van der Waals surface area contributed by atoms with Gasteiger partial charge in [0, 0.05) is 53.8 Å². The molecule has 0 aromatic heterocycles. The van der Waals surface area contributed by atoms with Crippen molar-refractivity contribution in [1.29, 1.82) is 0 Å². The van der Waals surface area contributed by atoms with Gasteiger partial charge in [0.1, 0.15) is 0 Å². The minimum Gasteiger partial charge on any atom is -0.297 e. The van der Waals surface area contributed by atoms with Gasteiger partial charge in [-0.2, -0.15) is 4.89 Å². The number of ketones is 1. The SMILES string of the molecule is C#CC#CC#CC#CC#CC#CC#CC#CC#COOCC(=O)CCCCCCCCCCCCCCCCC. The van der Waals surface area contributed by atoms with Crippen molar-refractivity contribution < 1.29 is 14.6 Å². The predicted molar refractivity (Wildman–Crippen MR) is 163 cm³/mol. The predicted octanol–water partition coefficient (Wildman–Crippen LogP) is 6.38. The van der Waals surface area contributed by atoms with Crippen LogP contribution >= 0.6 is 0 Å². The second kappa shape index (κ2) is 32.5. The Bertz CT molecular complexity index is 1270. The van der Waals surface area contributed by atoms with Crippen LogP contribution in [0.25, 0.3) is 0 Å². The van der Waals surface area contributed by atoms with Crippen LogP contribution in [0.5, 0.6) is 0 Å². The zero-order chi connectivity index (χ0) is 29.0. The maximum Gasteiger partial charge on any atom is 0.171 e. The summed E-state index contributed by atoms with van der Waals surface area (Å²) in [5.74, 6) is 39.1. The van der Waals surface area contributed by atoms with Gasteiger partial charge < -0.3 is 0 Å². The summed E-state index contributed by atoms with van der Waals surface area (Å²) in [6.07, 6.45) is 27.2. The largest absolute Gasteiger partial charge is 0.297 e. The zero-order valence-electron chi connectivity index (χ0n) is 23.8. The van der Waals surface area contributed by atoms with Gasteiger partial charge in [0.2, 0.25) is 0 Å². The number of Topliss-reactive ketones (excluding diaryl/α,β-unsaturated/α-hetero) is 1. The molecule has 40 heavy (non-hydrogen) atoms. The first-order valence-electron chi connectivity index (χ1n) is 14.1. The third-order valence-corrected chi connectivity index (χ3v) is 5.38. The summed E-state index contributed by atoms with van der Waals surface area (Å²) >= 11 is 0. The average molecular weight is 531 g/mol. The smallest absolute Gasteiger partial charge is 0.171 e. The lowest BCUT2D eigenvalue weighted by Gasteiger charge is -2.03. The summed E-state index contributed by atoms with van der Waals surface area (Å²) in [6, 6.07) is 0. The van der Waals surface area contributed by atoms with E-state index in [2.05, 4.69) is 113 Å². The van der Waals surface area contributed by atoms with Crippen molar-refractivity contribution in [2.24, 2.45) is 0 Å². The molecule has 0 saturated heterocycles. The third-order valence-electron chi connectivity index (χ3n) is 5.38. The van der Waals surface area contributed by atoms with E-state index in [1.807, 2.05) is 0 Å². The van der Waals surface area contributed by atoms with E-state index in [0.29, 0.717) is 6.42 Å². The maximum absolute atomic E-state index is 11.8. The zero-order valence-corrected chi connectivity index (χ0v) is 23.8. The fraction of sp³-hybridized carbons (Fsp3) is 0.486. The van der Waals surface area contributed by atoms with E-state index >= 15 is 0 Å². The van der Waals surface area contributed by atoms with Gasteiger partial charge >= 0.3 is 0 Å². The lowest BCUT2D eigenvalue weighted by molar-refractivity contribution is -0.232. The molecule has 0 rings (SSSR count). The van der Waals surface area contributed by atoms with Crippen LogP contribution in [0.4, 0.5) is 0 Å². The molecule has 0 amide bonds. The Morgan fingerprint density at radius 3 is 1.25 bits per heavy atom. The first kappa shape index (κ1) is 35.5. The molecule has 0 aliphatic rings. The Kier molecular flexibility index (Phi) is 28.8. The summed E-state index contributed by atoms with van der Waals surface area (Å²) < 4.78 is 0. The molecule has 0 heterocycles. The first-order valence-corrected chi connectivity index (χ1v) is 14.1. The fourth-order valence-corrected chi connectivity index (χ4v) is 3.38. The van der Waals surface area contributed by atoms with E-state index in [4.69, 9.17) is 11.3 Å². The van der Waals surface area contributed by atoms with Gasteiger partial charge in [0.15, 0.2) is 18.5 Å². The van der Waals surface area contributed by atoms with E-state index in [0.717, 1.165) is 12.8 Å². The molecular formula is C37H38O3. The molecule has 0 N–H and O–H groups in total. The molecule has 0 aliphatic heterocycles. The van der Waals surface area contributed by atoms with Crippen molar-refractivity contribution in [2.45, 2.75) is 110 Å². The van der Waals surface area contributed by atoms with Gasteiger partial charge in [-0.15, -0.1) is 6.42 Å². The molecule has 0 saturated carbocycles. The molecule has 0 aromatic rings. The van der Waals surface area contributed by atoms with Crippen molar-refractivity contribution in [2.75, 3.05) is 6.61 Å². The third kappa shape index (κ3) is 31.5. The number of terminal acetylenes is 1. The molecule has 3 heteroatoms. The van der Waals surface area contributed by atoms with Crippen molar-refractivity contribution >= 4 is 5.78 Å². The Morgan fingerprint density at radius 2 is 0.850 bits per heavy atom. The molecular weight excluding hydrogens is 492 g/mol. The molecule has 3 nitrogen and oxygen atoms in total. The van der Waals surface area contributed by atoms with Crippen LogP contribution in [0.1, 0.15) is 110 Å². The number of carbonyl (C=O) groups excluding carboxylic acids is 1. The molecule has 0 radical (unpaired) electrons. The van der Waals surface area contributed by atoms with Gasteiger partial charge in [0.05, 0.1) is 0 Å². The second-order valence-electron chi connectivity index (χ2n) is 8.71. The van der Waals surface area contributed by atoms with E-state index in [9.17, 15) is 4.79 Å². The van der Waals surface area contributed by atoms with Gasteiger partial charge in [0.25, 0.3) is 0 Å². The lowest BCUT2D eigenvalue weighted by atomic mass is 10.0. The molecule has 204 valence electrons. The van der Waals surface area contributed by atoms with Crippen LogP contribution in [0.3, 0.4) is 0 Å². The molecule has 0 atom stereocenters. The van der Waals surface area contributed by atoms with Crippen molar-refractivity contribution in [3.8, 4) is 107 Å². The molecule has 0 aliphatic carbocycles. The van der Waals surface area contributed by atoms with Crippen LogP contribution < -0.4 is 0 Å². The van der Waals surface area contributed by atoms with Crippen molar-refractivity contribution in [3.63, 3.8) is 0 Å². The second-order valence-corrected chi connectivity index (χ2v) is 8.71. The summed E-state index contributed by atoms with van der Waals surface area (Å²) in [7, 11) is 0. The summed E-state index contributed by atoms with van der Waals surface area (Å²) in [5, 5.41) is 0. The minimum atomic E-state index is -0.117. The lowest BCUT2D eigenvalue weighted by Crippen LogP contribution is -2.07. The highest BCUT2D eigenvalue weighted by atomic mass is 17.2. The van der Waals surface area contributed by atoms with Gasteiger partial charge in [-0.3, -0.25) is 9.68 Å².